The molecule has 8 nitrogen and oxygen atoms in total. The summed E-state index contributed by atoms with van der Waals surface area (Å²) in [5.74, 6) is -3.43. The summed E-state index contributed by atoms with van der Waals surface area (Å²) < 4.78 is 8.13. The number of rotatable bonds is 4. The van der Waals surface area contributed by atoms with Crippen LogP contribution >= 0.6 is 0 Å². The summed E-state index contributed by atoms with van der Waals surface area (Å²) in [4.78, 5) is 39.0. The molecule has 0 aliphatic rings. The fourth-order valence-corrected chi connectivity index (χ4v) is 0.327. The smallest absolute Gasteiger partial charge is 0.341 e. The SMILES string of the molecule is CC(=O)OCC(=O)O.CC(=O)OCC(=O)O.[Pd]. The third-order valence-electron chi connectivity index (χ3n) is 0.798. The van der Waals surface area contributed by atoms with Crippen molar-refractivity contribution in [3.8, 4) is 0 Å². The molecule has 0 atom stereocenters. The summed E-state index contributed by atoms with van der Waals surface area (Å²) in [5, 5.41) is 15.8. The number of carbonyl (C=O) groups excluding carboxylic acids is 2. The molecule has 0 fully saturated rings. The van der Waals surface area contributed by atoms with E-state index in [1.807, 2.05) is 0 Å². The Hall–Kier alpha value is -1.46. The van der Waals surface area contributed by atoms with Crippen molar-refractivity contribution in [3.05, 3.63) is 0 Å². The zero-order valence-corrected chi connectivity index (χ0v) is 10.6. The molecule has 0 saturated carbocycles. The molecule has 0 radical (unpaired) electrons. The van der Waals surface area contributed by atoms with E-state index in [1.165, 1.54) is 0 Å². The van der Waals surface area contributed by atoms with Crippen molar-refractivity contribution >= 4 is 23.9 Å². The molecule has 0 amide bonds. The van der Waals surface area contributed by atoms with Gasteiger partial charge in [0.1, 0.15) is 0 Å². The second-order valence-corrected chi connectivity index (χ2v) is 2.35. The molecule has 0 spiro atoms. The molecule has 102 valence electrons. The van der Waals surface area contributed by atoms with E-state index in [9.17, 15) is 19.2 Å². The molecule has 0 rings (SSSR count). The van der Waals surface area contributed by atoms with Crippen LogP contribution in [0.5, 0.6) is 0 Å². The Morgan fingerprint density at radius 1 is 0.824 bits per heavy atom. The topological polar surface area (TPSA) is 127 Å². The minimum Gasteiger partial charge on any atom is -0.479 e. The zero-order chi connectivity index (χ0) is 13.1. The summed E-state index contributed by atoms with van der Waals surface area (Å²) in [7, 11) is 0. The van der Waals surface area contributed by atoms with Crippen molar-refractivity contribution < 1.29 is 59.3 Å². The van der Waals surface area contributed by atoms with Gasteiger partial charge in [0.05, 0.1) is 0 Å². The van der Waals surface area contributed by atoms with Crippen molar-refractivity contribution in [2.24, 2.45) is 0 Å². The minimum atomic E-state index is -1.14. The standard InChI is InChI=1S/2C4H6O4.Pd/c2*1-3(5)8-2-4(6)7;/h2*2H2,1H3,(H,6,7);. The van der Waals surface area contributed by atoms with Gasteiger partial charge in [-0.2, -0.15) is 0 Å². The van der Waals surface area contributed by atoms with Crippen molar-refractivity contribution in [3.63, 3.8) is 0 Å². The molecule has 0 aromatic rings. The van der Waals surface area contributed by atoms with E-state index in [0.29, 0.717) is 0 Å². The van der Waals surface area contributed by atoms with Crippen LogP contribution in [0.2, 0.25) is 0 Å². The molecule has 0 bridgehead atoms. The van der Waals surface area contributed by atoms with Gasteiger partial charge in [-0.1, -0.05) is 0 Å². The van der Waals surface area contributed by atoms with Gasteiger partial charge in [0.15, 0.2) is 13.2 Å². The van der Waals surface area contributed by atoms with Crippen molar-refractivity contribution in [2.75, 3.05) is 13.2 Å². The van der Waals surface area contributed by atoms with Crippen LogP contribution in [-0.2, 0) is 49.1 Å². The monoisotopic (exact) mass is 342 g/mol. The molecule has 0 aliphatic heterocycles. The first-order valence-corrected chi connectivity index (χ1v) is 3.96. The van der Waals surface area contributed by atoms with Gasteiger partial charge in [-0.15, -0.1) is 0 Å². The van der Waals surface area contributed by atoms with Gasteiger partial charge in [0.2, 0.25) is 0 Å². The summed E-state index contributed by atoms with van der Waals surface area (Å²) >= 11 is 0. The van der Waals surface area contributed by atoms with E-state index >= 15 is 0 Å². The first-order chi connectivity index (χ1) is 7.25. The molecule has 17 heavy (non-hydrogen) atoms. The summed E-state index contributed by atoms with van der Waals surface area (Å²) in [6.45, 7) is 1.22. The summed E-state index contributed by atoms with van der Waals surface area (Å²) in [6, 6.07) is 0. The summed E-state index contributed by atoms with van der Waals surface area (Å²) in [6.07, 6.45) is 0. The van der Waals surface area contributed by atoms with Crippen LogP contribution in [0.4, 0.5) is 0 Å². The first-order valence-electron chi connectivity index (χ1n) is 3.96. The second kappa shape index (κ2) is 12.6. The Morgan fingerprint density at radius 2 is 1.06 bits per heavy atom. The molecule has 0 unspecified atom stereocenters. The van der Waals surface area contributed by atoms with Crippen LogP contribution < -0.4 is 0 Å². The van der Waals surface area contributed by atoms with Gasteiger partial charge in [-0.05, 0) is 0 Å². The van der Waals surface area contributed by atoms with Crippen LogP contribution in [0.3, 0.4) is 0 Å². The largest absolute Gasteiger partial charge is 0.479 e. The number of carboxylic acids is 2. The van der Waals surface area contributed by atoms with Gasteiger partial charge < -0.3 is 19.7 Å². The van der Waals surface area contributed by atoms with Crippen molar-refractivity contribution in [1.29, 1.82) is 0 Å². The Kier molecular flexibility index (Phi) is 15.5. The van der Waals surface area contributed by atoms with Crippen LogP contribution in [0, 0.1) is 0 Å². The average Bonchev–Trinajstić information content (AvgIpc) is 2.12. The molecule has 0 heterocycles. The number of carboxylic acid groups (broad SMARTS) is 2. The molecular formula is C8H12O8Pd. The van der Waals surface area contributed by atoms with E-state index in [4.69, 9.17) is 10.2 Å². The molecule has 0 aromatic heterocycles. The Morgan fingerprint density at radius 3 is 1.12 bits per heavy atom. The van der Waals surface area contributed by atoms with Crippen molar-refractivity contribution in [1.82, 2.24) is 0 Å². The normalized spacial score (nSPS) is 7.65. The molecule has 9 heteroatoms. The van der Waals surface area contributed by atoms with Crippen LogP contribution in [0.1, 0.15) is 13.8 Å². The van der Waals surface area contributed by atoms with Gasteiger partial charge in [0.25, 0.3) is 0 Å². The average molecular weight is 343 g/mol. The van der Waals surface area contributed by atoms with E-state index in [2.05, 4.69) is 9.47 Å². The number of hydrogen-bond donors (Lipinski definition) is 2. The number of carbonyl (C=O) groups is 4. The Balaban J connectivity index is -0.000000218. The van der Waals surface area contributed by atoms with Gasteiger partial charge in [-0.3, -0.25) is 9.59 Å². The quantitative estimate of drug-likeness (QED) is 0.505. The zero-order valence-electron chi connectivity index (χ0n) is 9.07. The minimum absolute atomic E-state index is 0. The first kappa shape index (κ1) is 20.9. The predicted octanol–water partition coefficient (Wildman–Crippen LogP) is -0.734. The Bertz CT molecular complexity index is 219. The fourth-order valence-electron chi connectivity index (χ4n) is 0.327. The molecular weight excluding hydrogens is 330 g/mol. The summed E-state index contributed by atoms with van der Waals surface area (Å²) in [5.41, 5.74) is 0. The van der Waals surface area contributed by atoms with Crippen molar-refractivity contribution in [2.45, 2.75) is 13.8 Å². The number of hydrogen-bond acceptors (Lipinski definition) is 6. The molecule has 0 saturated heterocycles. The van der Waals surface area contributed by atoms with Crippen LogP contribution in [-0.4, -0.2) is 47.3 Å². The predicted molar refractivity (Wildman–Crippen MR) is 48.5 cm³/mol. The molecule has 2 N–H and O–H groups in total. The molecule has 0 aliphatic carbocycles. The third kappa shape index (κ3) is 31.4. The maximum Gasteiger partial charge on any atom is 0.341 e. The maximum absolute atomic E-state index is 9.86. The Labute approximate surface area is 111 Å². The molecule has 0 aromatic carbocycles. The van der Waals surface area contributed by atoms with E-state index in [1.54, 1.807) is 0 Å². The van der Waals surface area contributed by atoms with Crippen LogP contribution in [0.15, 0.2) is 0 Å². The third-order valence-corrected chi connectivity index (χ3v) is 0.798. The maximum atomic E-state index is 9.86. The fraction of sp³-hybridized carbons (Fsp3) is 0.500. The van der Waals surface area contributed by atoms with E-state index < -0.39 is 37.1 Å². The van der Waals surface area contributed by atoms with E-state index in [-0.39, 0.29) is 20.4 Å². The van der Waals surface area contributed by atoms with Crippen LogP contribution in [0.25, 0.3) is 0 Å². The second-order valence-electron chi connectivity index (χ2n) is 2.35. The van der Waals surface area contributed by atoms with E-state index in [0.717, 1.165) is 13.8 Å². The van der Waals surface area contributed by atoms with Gasteiger partial charge in [0, 0.05) is 34.3 Å². The number of ether oxygens (including phenoxy) is 2. The van der Waals surface area contributed by atoms with Gasteiger partial charge in [-0.25, -0.2) is 9.59 Å². The number of aliphatic carboxylic acids is 2. The number of esters is 2. The van der Waals surface area contributed by atoms with Gasteiger partial charge >= 0.3 is 23.9 Å².